The summed E-state index contributed by atoms with van der Waals surface area (Å²) >= 11 is 0.949. The summed E-state index contributed by atoms with van der Waals surface area (Å²) in [5, 5.41) is 0. The van der Waals surface area contributed by atoms with Crippen LogP contribution in [-0.2, 0) is 0 Å². The molecule has 50 valence electrons. The van der Waals surface area contributed by atoms with E-state index in [1.54, 1.807) is 0 Å². The zero-order valence-corrected chi connectivity index (χ0v) is 10.9. The van der Waals surface area contributed by atoms with Gasteiger partial charge in [0, 0.05) is 0 Å². The average molecular weight is 176 g/mol. The van der Waals surface area contributed by atoms with E-state index in [4.69, 9.17) is 0 Å². The van der Waals surface area contributed by atoms with Crippen LogP contribution in [0.25, 0.3) is 0 Å². The summed E-state index contributed by atoms with van der Waals surface area (Å²) in [6.45, 7) is 5.90. The minimum absolute atomic E-state index is 0.635. The first-order valence-electron chi connectivity index (χ1n) is 3.06. The third-order valence-electron chi connectivity index (χ3n) is 0.791. The van der Waals surface area contributed by atoms with Gasteiger partial charge in [0.15, 0.2) is 0 Å². The van der Waals surface area contributed by atoms with Crippen LogP contribution in [0.15, 0.2) is 0 Å². The molecule has 0 aromatic rings. The summed E-state index contributed by atoms with van der Waals surface area (Å²) in [4.78, 5) is 2.26. The van der Waals surface area contributed by atoms with Gasteiger partial charge in [0.25, 0.3) is 0 Å². The Balaban J connectivity index is 3.39. The van der Waals surface area contributed by atoms with Gasteiger partial charge in [-0.2, -0.15) is 0 Å². The van der Waals surface area contributed by atoms with Gasteiger partial charge in [-0.3, -0.25) is 0 Å². The first kappa shape index (κ1) is 8.50. The molecular formula is C6H17GeN. The summed E-state index contributed by atoms with van der Waals surface area (Å²) < 4.78 is 0.635. The summed E-state index contributed by atoms with van der Waals surface area (Å²) in [7, 11) is 4.26. The van der Waals surface area contributed by atoms with Gasteiger partial charge >= 0.3 is 60.1 Å². The van der Waals surface area contributed by atoms with E-state index in [1.807, 2.05) is 0 Å². The van der Waals surface area contributed by atoms with Gasteiger partial charge in [0.2, 0.25) is 0 Å². The van der Waals surface area contributed by atoms with Crippen molar-refractivity contribution in [2.45, 2.75) is 18.1 Å². The standard InChI is InChI=1S/C6H17GeN/c1-6(2,7)5-8(3)4/h5H2,1-4,7H3. The molecule has 0 fully saturated rings. The monoisotopic (exact) mass is 177 g/mol. The van der Waals surface area contributed by atoms with Crippen molar-refractivity contribution in [3.63, 3.8) is 0 Å². The summed E-state index contributed by atoms with van der Waals surface area (Å²) in [6.07, 6.45) is 0. The topological polar surface area (TPSA) is 3.24 Å². The Morgan fingerprint density at radius 3 is 1.75 bits per heavy atom. The van der Waals surface area contributed by atoms with Crippen molar-refractivity contribution in [1.29, 1.82) is 0 Å². The van der Waals surface area contributed by atoms with E-state index in [2.05, 4.69) is 32.8 Å². The molecule has 0 spiro atoms. The Labute approximate surface area is 60.7 Å². The van der Waals surface area contributed by atoms with Crippen molar-refractivity contribution in [2.75, 3.05) is 20.6 Å². The fourth-order valence-electron chi connectivity index (χ4n) is 0.949. The van der Waals surface area contributed by atoms with Crippen LogP contribution in [0.2, 0.25) is 4.25 Å². The summed E-state index contributed by atoms with van der Waals surface area (Å²) in [5.41, 5.74) is 0. The molecule has 0 heterocycles. The molecule has 0 bridgehead atoms. The van der Waals surface area contributed by atoms with Crippen molar-refractivity contribution in [3.05, 3.63) is 0 Å². The molecule has 0 aromatic carbocycles. The molecule has 0 amide bonds. The molecule has 0 atom stereocenters. The van der Waals surface area contributed by atoms with Crippen LogP contribution < -0.4 is 0 Å². The van der Waals surface area contributed by atoms with Crippen molar-refractivity contribution in [3.8, 4) is 0 Å². The van der Waals surface area contributed by atoms with Crippen LogP contribution in [0.4, 0.5) is 0 Å². The van der Waals surface area contributed by atoms with Gasteiger partial charge in [-0.1, -0.05) is 0 Å². The molecule has 0 N–H and O–H groups in total. The Morgan fingerprint density at radius 2 is 1.75 bits per heavy atom. The van der Waals surface area contributed by atoms with Gasteiger partial charge in [-0.25, -0.2) is 0 Å². The Hall–Kier alpha value is 0.503. The predicted molar refractivity (Wildman–Crippen MR) is 42.5 cm³/mol. The second-order valence-electron chi connectivity index (χ2n) is 3.80. The van der Waals surface area contributed by atoms with Gasteiger partial charge < -0.3 is 0 Å². The van der Waals surface area contributed by atoms with Crippen LogP contribution in [0, 0.1) is 0 Å². The summed E-state index contributed by atoms with van der Waals surface area (Å²) in [5.74, 6) is 0. The Bertz CT molecular complexity index is 63.4. The molecule has 0 unspecified atom stereocenters. The number of rotatable bonds is 2. The van der Waals surface area contributed by atoms with E-state index in [0.29, 0.717) is 4.25 Å². The molecular weight excluding hydrogens is 159 g/mol. The van der Waals surface area contributed by atoms with E-state index in [-0.39, 0.29) is 0 Å². The SMILES string of the molecule is CN(C)C[C](C)(C)[GeH3]. The first-order chi connectivity index (χ1) is 3.42. The van der Waals surface area contributed by atoms with E-state index < -0.39 is 0 Å². The second-order valence-corrected chi connectivity index (χ2v) is 9.48. The van der Waals surface area contributed by atoms with Crippen molar-refractivity contribution in [2.24, 2.45) is 0 Å². The number of hydrogen-bond acceptors (Lipinski definition) is 1. The van der Waals surface area contributed by atoms with Crippen LogP contribution in [0.1, 0.15) is 13.8 Å². The molecule has 1 nitrogen and oxygen atoms in total. The third-order valence-corrected chi connectivity index (χ3v) is 1.45. The second kappa shape index (κ2) is 2.88. The first-order valence-corrected chi connectivity index (χ1v) is 5.16. The third kappa shape index (κ3) is 6.50. The van der Waals surface area contributed by atoms with Crippen LogP contribution in [0.3, 0.4) is 0 Å². The van der Waals surface area contributed by atoms with Crippen molar-refractivity contribution >= 4 is 16.5 Å². The van der Waals surface area contributed by atoms with Gasteiger partial charge in [-0.05, 0) is 0 Å². The molecule has 0 saturated heterocycles. The molecule has 0 aliphatic heterocycles. The maximum absolute atomic E-state index is 2.33. The quantitative estimate of drug-likeness (QED) is 0.539. The molecule has 0 saturated carbocycles. The average Bonchev–Trinajstić information content (AvgIpc) is 1.21. The normalized spacial score (nSPS) is 13.1. The molecule has 0 aliphatic rings. The fraction of sp³-hybridized carbons (Fsp3) is 1.00. The molecule has 2 heteroatoms. The minimum atomic E-state index is 0.635. The predicted octanol–water partition coefficient (Wildman–Crippen LogP) is 0.112. The van der Waals surface area contributed by atoms with E-state index in [9.17, 15) is 0 Å². The van der Waals surface area contributed by atoms with Crippen LogP contribution in [0.5, 0.6) is 0 Å². The van der Waals surface area contributed by atoms with E-state index >= 15 is 0 Å². The molecule has 0 rings (SSSR count). The van der Waals surface area contributed by atoms with E-state index in [0.717, 1.165) is 16.5 Å². The Morgan fingerprint density at radius 1 is 1.38 bits per heavy atom. The zero-order valence-electron chi connectivity index (χ0n) is 6.65. The zero-order chi connectivity index (χ0) is 6.78. The van der Waals surface area contributed by atoms with Gasteiger partial charge in [0.05, 0.1) is 0 Å². The Kier molecular flexibility index (Phi) is 3.06. The molecule has 8 heavy (non-hydrogen) atoms. The molecule has 0 aromatic heterocycles. The number of nitrogens with zero attached hydrogens (tertiary/aromatic N) is 1. The van der Waals surface area contributed by atoms with Crippen molar-refractivity contribution < 1.29 is 0 Å². The maximum atomic E-state index is 2.33. The van der Waals surface area contributed by atoms with Crippen LogP contribution >= 0.6 is 0 Å². The van der Waals surface area contributed by atoms with Gasteiger partial charge in [0.1, 0.15) is 0 Å². The molecule has 0 radical (unpaired) electrons. The fourth-order valence-corrected chi connectivity index (χ4v) is 2.28. The summed E-state index contributed by atoms with van der Waals surface area (Å²) in [6, 6.07) is 0. The molecule has 0 aliphatic carbocycles. The van der Waals surface area contributed by atoms with Crippen LogP contribution in [-0.4, -0.2) is 42.1 Å². The van der Waals surface area contributed by atoms with Gasteiger partial charge in [-0.15, -0.1) is 0 Å². The van der Waals surface area contributed by atoms with E-state index in [1.165, 1.54) is 6.54 Å². The number of hydrogen-bond donors (Lipinski definition) is 0. The van der Waals surface area contributed by atoms with Crippen molar-refractivity contribution in [1.82, 2.24) is 4.90 Å².